The topological polar surface area (TPSA) is 9.23 Å². The van der Waals surface area contributed by atoms with Gasteiger partial charge in [0.1, 0.15) is 0 Å². The number of fused-ring (bicyclic) bond motifs is 1. The first-order valence-electron chi connectivity index (χ1n) is 11.8. The molecule has 2 aliphatic carbocycles. The van der Waals surface area contributed by atoms with Crippen LogP contribution in [-0.2, 0) is 0 Å². The fourth-order valence-corrected chi connectivity index (χ4v) is 5.62. The van der Waals surface area contributed by atoms with E-state index in [-0.39, 0.29) is 35.0 Å². The van der Waals surface area contributed by atoms with Gasteiger partial charge < -0.3 is 4.74 Å². The van der Waals surface area contributed by atoms with Crippen molar-refractivity contribution in [1.29, 1.82) is 0 Å². The third-order valence-corrected chi connectivity index (χ3v) is 7.19. The molecular weight excluding hydrogens is 416 g/mol. The van der Waals surface area contributed by atoms with Crippen LogP contribution in [0.1, 0.15) is 64.4 Å². The lowest BCUT2D eigenvalue weighted by molar-refractivity contribution is 0.314. The minimum atomic E-state index is -1.24. The zero-order chi connectivity index (χ0) is 22.8. The molecule has 172 valence electrons. The van der Waals surface area contributed by atoms with Crippen molar-refractivity contribution >= 4 is 5.57 Å². The molecule has 0 amide bonds. The Bertz CT molecular complexity index is 1010. The SMILES string of the molecule is CCCCCC1CCC2C(c3ccc(-c4ccc(OCC)c(F)c4F)c(F)c3F)=CCC12. The van der Waals surface area contributed by atoms with Crippen molar-refractivity contribution in [2.45, 2.75) is 58.8 Å². The van der Waals surface area contributed by atoms with Crippen LogP contribution in [0.25, 0.3) is 16.7 Å². The van der Waals surface area contributed by atoms with Gasteiger partial charge in [-0.2, -0.15) is 4.39 Å². The maximum atomic E-state index is 15.2. The molecule has 0 spiro atoms. The fraction of sp³-hybridized carbons (Fsp3) is 0.481. The highest BCUT2D eigenvalue weighted by Crippen LogP contribution is 2.53. The number of hydrogen-bond acceptors (Lipinski definition) is 1. The van der Waals surface area contributed by atoms with Gasteiger partial charge >= 0.3 is 0 Å². The maximum absolute atomic E-state index is 15.2. The molecule has 5 heteroatoms. The summed E-state index contributed by atoms with van der Waals surface area (Å²) in [5, 5.41) is 0. The highest BCUT2D eigenvalue weighted by Gasteiger charge is 2.41. The standard InChI is InChI=1S/C27H30F4O/c1-3-5-6-7-16-8-9-18-17(16)10-11-19(18)20-12-13-21(25(29)24(20)28)22-14-15-23(32-4-2)27(31)26(22)30/h11-18H,3-10H2,1-2H3. The number of unbranched alkanes of at least 4 members (excludes halogenated alkanes) is 2. The Kier molecular flexibility index (Phi) is 6.92. The molecule has 32 heavy (non-hydrogen) atoms. The van der Waals surface area contributed by atoms with Crippen molar-refractivity contribution in [3.63, 3.8) is 0 Å². The van der Waals surface area contributed by atoms with E-state index in [0.29, 0.717) is 11.8 Å². The van der Waals surface area contributed by atoms with E-state index < -0.39 is 23.3 Å². The van der Waals surface area contributed by atoms with Crippen LogP contribution in [0.15, 0.2) is 30.3 Å². The minimum Gasteiger partial charge on any atom is -0.491 e. The summed E-state index contributed by atoms with van der Waals surface area (Å²) >= 11 is 0. The molecule has 3 atom stereocenters. The Labute approximate surface area is 187 Å². The molecule has 2 aliphatic rings. The zero-order valence-corrected chi connectivity index (χ0v) is 18.7. The zero-order valence-electron chi connectivity index (χ0n) is 18.7. The number of ether oxygens (including phenoxy) is 1. The van der Waals surface area contributed by atoms with Gasteiger partial charge in [0.25, 0.3) is 0 Å². The Morgan fingerprint density at radius 1 is 0.812 bits per heavy atom. The number of allylic oxidation sites excluding steroid dienone is 2. The minimum absolute atomic E-state index is 0.171. The van der Waals surface area contributed by atoms with Crippen LogP contribution in [0.4, 0.5) is 17.6 Å². The molecule has 0 aliphatic heterocycles. The normalized spacial score (nSPS) is 22.2. The van der Waals surface area contributed by atoms with E-state index in [1.165, 1.54) is 49.9 Å². The van der Waals surface area contributed by atoms with Gasteiger partial charge in [0.15, 0.2) is 23.2 Å². The van der Waals surface area contributed by atoms with E-state index in [4.69, 9.17) is 4.74 Å². The van der Waals surface area contributed by atoms with E-state index in [0.717, 1.165) is 24.8 Å². The molecule has 2 aromatic carbocycles. The summed E-state index contributed by atoms with van der Waals surface area (Å²) in [5.41, 5.74) is 0.516. The van der Waals surface area contributed by atoms with Crippen LogP contribution in [0.2, 0.25) is 0 Å². The Morgan fingerprint density at radius 3 is 2.19 bits per heavy atom. The molecule has 0 heterocycles. The molecule has 1 fully saturated rings. The van der Waals surface area contributed by atoms with Gasteiger partial charge in [0.2, 0.25) is 5.82 Å². The number of rotatable bonds is 8. The van der Waals surface area contributed by atoms with E-state index in [2.05, 4.69) is 13.0 Å². The molecular formula is C27H30F4O. The van der Waals surface area contributed by atoms with Crippen molar-refractivity contribution in [2.75, 3.05) is 6.61 Å². The first kappa shape index (κ1) is 22.9. The third-order valence-electron chi connectivity index (χ3n) is 7.19. The van der Waals surface area contributed by atoms with Gasteiger partial charge in [-0.1, -0.05) is 50.8 Å². The van der Waals surface area contributed by atoms with E-state index in [1.54, 1.807) is 6.92 Å². The lowest BCUT2D eigenvalue weighted by atomic mass is 9.84. The second-order valence-electron chi connectivity index (χ2n) is 8.96. The van der Waals surface area contributed by atoms with Gasteiger partial charge in [0.05, 0.1) is 6.61 Å². The van der Waals surface area contributed by atoms with E-state index >= 15 is 8.78 Å². The van der Waals surface area contributed by atoms with Gasteiger partial charge in [0, 0.05) is 16.7 Å². The predicted octanol–water partition coefficient (Wildman–Crippen LogP) is 8.32. The average Bonchev–Trinajstić information content (AvgIpc) is 3.37. The first-order chi connectivity index (χ1) is 15.5. The molecule has 2 aromatic rings. The predicted molar refractivity (Wildman–Crippen MR) is 119 cm³/mol. The average molecular weight is 447 g/mol. The summed E-state index contributed by atoms with van der Waals surface area (Å²) in [6, 6.07) is 5.33. The molecule has 0 radical (unpaired) electrons. The summed E-state index contributed by atoms with van der Waals surface area (Å²) < 4.78 is 64.1. The second kappa shape index (κ2) is 9.68. The van der Waals surface area contributed by atoms with Crippen LogP contribution in [0.3, 0.4) is 0 Å². The van der Waals surface area contributed by atoms with Crippen molar-refractivity contribution < 1.29 is 22.3 Å². The molecule has 0 bridgehead atoms. The first-order valence-corrected chi connectivity index (χ1v) is 11.8. The van der Waals surface area contributed by atoms with Crippen LogP contribution < -0.4 is 4.74 Å². The Balaban J connectivity index is 1.59. The Hall–Kier alpha value is -2.30. The van der Waals surface area contributed by atoms with Crippen molar-refractivity contribution in [2.24, 2.45) is 17.8 Å². The Morgan fingerprint density at radius 2 is 1.47 bits per heavy atom. The monoisotopic (exact) mass is 446 g/mol. The molecule has 1 nitrogen and oxygen atoms in total. The van der Waals surface area contributed by atoms with Crippen LogP contribution >= 0.6 is 0 Å². The van der Waals surface area contributed by atoms with E-state index in [1.807, 2.05) is 0 Å². The molecule has 4 rings (SSSR count). The maximum Gasteiger partial charge on any atom is 0.201 e. The number of hydrogen-bond donors (Lipinski definition) is 0. The highest BCUT2D eigenvalue weighted by atomic mass is 19.2. The molecule has 1 saturated carbocycles. The molecule has 0 N–H and O–H groups in total. The fourth-order valence-electron chi connectivity index (χ4n) is 5.62. The van der Waals surface area contributed by atoms with Crippen molar-refractivity contribution in [1.82, 2.24) is 0 Å². The lowest BCUT2D eigenvalue weighted by Crippen LogP contribution is -2.12. The van der Waals surface area contributed by atoms with E-state index in [9.17, 15) is 8.78 Å². The lowest BCUT2D eigenvalue weighted by Gasteiger charge is -2.20. The molecule has 0 aromatic heterocycles. The van der Waals surface area contributed by atoms with Gasteiger partial charge in [-0.15, -0.1) is 0 Å². The summed E-state index contributed by atoms with van der Waals surface area (Å²) in [5.74, 6) is -3.42. The molecule has 0 saturated heterocycles. The second-order valence-corrected chi connectivity index (χ2v) is 8.96. The third kappa shape index (κ3) is 4.06. The molecule has 3 unspecified atom stereocenters. The van der Waals surface area contributed by atoms with Crippen LogP contribution in [0.5, 0.6) is 5.75 Å². The number of benzene rings is 2. The van der Waals surface area contributed by atoms with Gasteiger partial charge in [-0.05, 0) is 61.6 Å². The largest absolute Gasteiger partial charge is 0.491 e. The van der Waals surface area contributed by atoms with Crippen molar-refractivity contribution in [3.05, 3.63) is 59.2 Å². The summed E-state index contributed by atoms with van der Waals surface area (Å²) in [7, 11) is 0. The smallest absolute Gasteiger partial charge is 0.201 e. The summed E-state index contributed by atoms with van der Waals surface area (Å²) in [6.07, 6.45) is 9.94. The quantitative estimate of drug-likeness (QED) is 0.293. The van der Waals surface area contributed by atoms with Crippen molar-refractivity contribution in [3.8, 4) is 16.9 Å². The highest BCUT2D eigenvalue weighted by molar-refractivity contribution is 5.74. The van der Waals surface area contributed by atoms with Crippen LogP contribution in [-0.4, -0.2) is 6.61 Å². The number of halogens is 4. The van der Waals surface area contributed by atoms with Gasteiger partial charge in [-0.3, -0.25) is 0 Å². The summed E-state index contributed by atoms with van der Waals surface area (Å²) in [6.45, 7) is 4.02. The van der Waals surface area contributed by atoms with Gasteiger partial charge in [-0.25, -0.2) is 13.2 Å². The summed E-state index contributed by atoms with van der Waals surface area (Å²) in [4.78, 5) is 0. The van der Waals surface area contributed by atoms with Crippen LogP contribution in [0, 0.1) is 41.0 Å².